The maximum absolute atomic E-state index is 12.9. The van der Waals surface area contributed by atoms with Crippen LogP contribution in [0.4, 0.5) is 4.79 Å². The van der Waals surface area contributed by atoms with Gasteiger partial charge < -0.3 is 19.3 Å². The van der Waals surface area contributed by atoms with Crippen LogP contribution in [-0.4, -0.2) is 90.4 Å². The number of sulfone groups is 1. The molecule has 2 aliphatic heterocycles. The molecular weight excluding hydrogens is 360 g/mol. The van der Waals surface area contributed by atoms with E-state index in [0.717, 1.165) is 0 Å². The lowest BCUT2D eigenvalue weighted by molar-refractivity contribution is 0.0391. The molecule has 26 heavy (non-hydrogen) atoms. The SMILES string of the molecule is CN(C)C(=O)N1CCN(C(=O)c2cccn(C)c2=O)[C@H]2CS(=O)(=O)C[C@H]21. The molecular formula is C16H22N4O5S. The molecule has 1 aromatic rings. The number of rotatable bonds is 1. The molecule has 10 heteroatoms. The lowest BCUT2D eigenvalue weighted by Crippen LogP contribution is -2.63. The van der Waals surface area contributed by atoms with Gasteiger partial charge in [0.15, 0.2) is 9.84 Å². The molecule has 0 aliphatic carbocycles. The molecule has 0 bridgehead atoms. The Morgan fingerprint density at radius 3 is 2.31 bits per heavy atom. The first kappa shape index (κ1) is 18.4. The zero-order valence-electron chi connectivity index (χ0n) is 15.0. The van der Waals surface area contributed by atoms with E-state index in [1.807, 2.05) is 0 Å². The third-order valence-corrected chi connectivity index (χ3v) is 6.62. The van der Waals surface area contributed by atoms with Gasteiger partial charge >= 0.3 is 6.03 Å². The summed E-state index contributed by atoms with van der Waals surface area (Å²) >= 11 is 0. The molecule has 0 unspecified atom stereocenters. The van der Waals surface area contributed by atoms with Gasteiger partial charge in [-0.2, -0.15) is 0 Å². The van der Waals surface area contributed by atoms with E-state index < -0.39 is 33.4 Å². The number of piperazine rings is 1. The van der Waals surface area contributed by atoms with Crippen molar-refractivity contribution in [1.82, 2.24) is 19.3 Å². The fourth-order valence-corrected chi connectivity index (χ4v) is 5.60. The summed E-state index contributed by atoms with van der Waals surface area (Å²) in [5.41, 5.74) is -0.424. The molecule has 9 nitrogen and oxygen atoms in total. The van der Waals surface area contributed by atoms with Crippen LogP contribution in [0.2, 0.25) is 0 Å². The number of urea groups is 1. The number of hydrogen-bond acceptors (Lipinski definition) is 5. The summed E-state index contributed by atoms with van der Waals surface area (Å²) in [4.78, 5) is 41.9. The molecule has 2 saturated heterocycles. The minimum Gasteiger partial charge on any atom is -0.331 e. The van der Waals surface area contributed by atoms with E-state index in [9.17, 15) is 22.8 Å². The Kier molecular flexibility index (Phi) is 4.55. The van der Waals surface area contributed by atoms with Gasteiger partial charge in [-0.25, -0.2) is 13.2 Å². The molecule has 1 aromatic heterocycles. The number of amides is 3. The Hall–Kier alpha value is -2.36. The Bertz CT molecular complexity index is 907. The minimum absolute atomic E-state index is 0.00503. The predicted octanol–water partition coefficient (Wildman–Crippen LogP) is -1.01. The van der Waals surface area contributed by atoms with E-state index in [-0.39, 0.29) is 36.2 Å². The van der Waals surface area contributed by atoms with Gasteiger partial charge in [0.1, 0.15) is 5.56 Å². The highest BCUT2D eigenvalue weighted by molar-refractivity contribution is 7.91. The van der Waals surface area contributed by atoms with Crippen LogP contribution in [0.15, 0.2) is 23.1 Å². The zero-order valence-corrected chi connectivity index (χ0v) is 15.8. The van der Waals surface area contributed by atoms with Crippen LogP contribution < -0.4 is 5.56 Å². The van der Waals surface area contributed by atoms with E-state index >= 15 is 0 Å². The van der Waals surface area contributed by atoms with Gasteiger partial charge in [0.25, 0.3) is 11.5 Å². The number of nitrogens with zero attached hydrogens (tertiary/aromatic N) is 4. The standard InChI is InChI=1S/C16H22N4O5S/c1-17(2)16(23)20-8-7-19(12-9-26(24,25)10-13(12)20)15(22)11-5-4-6-18(3)14(11)21/h4-6,12-13H,7-10H2,1-3H3/t12-,13+/m0/s1. The molecule has 2 fully saturated rings. The highest BCUT2D eigenvalue weighted by atomic mass is 32.2. The highest BCUT2D eigenvalue weighted by Gasteiger charge is 2.50. The fraction of sp³-hybridized carbons (Fsp3) is 0.562. The number of carbonyl (C=O) groups excluding carboxylic acids is 2. The summed E-state index contributed by atoms with van der Waals surface area (Å²) in [6, 6.07) is 1.53. The maximum Gasteiger partial charge on any atom is 0.319 e. The largest absolute Gasteiger partial charge is 0.331 e. The van der Waals surface area contributed by atoms with Crippen molar-refractivity contribution in [3.05, 3.63) is 34.2 Å². The Morgan fingerprint density at radius 2 is 1.69 bits per heavy atom. The monoisotopic (exact) mass is 382 g/mol. The van der Waals surface area contributed by atoms with Crippen molar-refractivity contribution in [2.45, 2.75) is 12.1 Å². The number of hydrogen-bond donors (Lipinski definition) is 0. The maximum atomic E-state index is 12.9. The molecule has 0 N–H and O–H groups in total. The average molecular weight is 382 g/mol. The van der Waals surface area contributed by atoms with Gasteiger partial charge in [0.2, 0.25) is 0 Å². The lowest BCUT2D eigenvalue weighted by Gasteiger charge is -2.44. The van der Waals surface area contributed by atoms with Crippen LogP contribution in [0, 0.1) is 0 Å². The molecule has 0 spiro atoms. The van der Waals surface area contributed by atoms with E-state index in [1.54, 1.807) is 33.4 Å². The Balaban J connectivity index is 1.96. The van der Waals surface area contributed by atoms with Gasteiger partial charge in [0.05, 0.1) is 23.6 Å². The third kappa shape index (κ3) is 3.09. The lowest BCUT2D eigenvalue weighted by atomic mass is 10.0. The molecule has 3 rings (SSSR count). The van der Waals surface area contributed by atoms with E-state index in [1.165, 1.54) is 25.3 Å². The molecule has 3 amide bonds. The molecule has 0 aromatic carbocycles. The van der Waals surface area contributed by atoms with Crippen LogP contribution in [0.5, 0.6) is 0 Å². The van der Waals surface area contributed by atoms with Gasteiger partial charge in [0, 0.05) is 40.4 Å². The number of aryl methyl sites for hydroxylation is 1. The average Bonchev–Trinajstić information content (AvgIpc) is 2.90. The molecule has 3 heterocycles. The first-order valence-electron chi connectivity index (χ1n) is 8.27. The van der Waals surface area contributed by atoms with Crippen LogP contribution in [0.1, 0.15) is 10.4 Å². The normalized spacial score (nSPS) is 24.3. The summed E-state index contributed by atoms with van der Waals surface area (Å²) in [5.74, 6) is -0.864. The fourth-order valence-electron chi connectivity index (χ4n) is 3.61. The second-order valence-electron chi connectivity index (χ2n) is 6.92. The summed E-state index contributed by atoms with van der Waals surface area (Å²) in [6.45, 7) is 0.416. The Labute approximate surface area is 151 Å². The topological polar surface area (TPSA) is 100 Å². The van der Waals surface area contributed by atoms with Gasteiger partial charge in [-0.05, 0) is 12.1 Å². The smallest absolute Gasteiger partial charge is 0.319 e. The van der Waals surface area contributed by atoms with Crippen molar-refractivity contribution in [3.8, 4) is 0 Å². The van der Waals surface area contributed by atoms with Crippen molar-refractivity contribution < 1.29 is 18.0 Å². The second-order valence-corrected chi connectivity index (χ2v) is 9.07. The number of carbonyl (C=O) groups is 2. The number of aromatic nitrogens is 1. The van der Waals surface area contributed by atoms with E-state index in [4.69, 9.17) is 0 Å². The summed E-state index contributed by atoms with van der Waals surface area (Å²) in [7, 11) is 1.38. The first-order valence-corrected chi connectivity index (χ1v) is 10.1. The minimum atomic E-state index is -3.38. The summed E-state index contributed by atoms with van der Waals surface area (Å²) in [6.07, 6.45) is 1.55. The van der Waals surface area contributed by atoms with Crippen molar-refractivity contribution in [2.24, 2.45) is 7.05 Å². The Morgan fingerprint density at radius 1 is 1.12 bits per heavy atom. The second kappa shape index (κ2) is 6.42. The van der Waals surface area contributed by atoms with Gasteiger partial charge in [-0.1, -0.05) is 0 Å². The van der Waals surface area contributed by atoms with Crippen molar-refractivity contribution >= 4 is 21.8 Å². The summed E-state index contributed by atoms with van der Waals surface area (Å²) in [5, 5.41) is 0. The summed E-state index contributed by atoms with van der Waals surface area (Å²) < 4.78 is 25.7. The van der Waals surface area contributed by atoms with Gasteiger partial charge in [-0.15, -0.1) is 0 Å². The molecule has 142 valence electrons. The van der Waals surface area contributed by atoms with Crippen molar-refractivity contribution in [2.75, 3.05) is 38.7 Å². The first-order chi connectivity index (χ1) is 12.1. The van der Waals surface area contributed by atoms with Crippen LogP contribution in [-0.2, 0) is 16.9 Å². The molecule has 2 atom stereocenters. The van der Waals surface area contributed by atoms with Crippen LogP contribution in [0.25, 0.3) is 0 Å². The third-order valence-electron chi connectivity index (χ3n) is 4.92. The van der Waals surface area contributed by atoms with Crippen molar-refractivity contribution in [3.63, 3.8) is 0 Å². The molecule has 0 saturated carbocycles. The quantitative estimate of drug-likeness (QED) is 0.620. The van der Waals surface area contributed by atoms with Crippen LogP contribution >= 0.6 is 0 Å². The van der Waals surface area contributed by atoms with E-state index in [2.05, 4.69) is 0 Å². The van der Waals surface area contributed by atoms with Crippen LogP contribution in [0.3, 0.4) is 0 Å². The highest BCUT2D eigenvalue weighted by Crippen LogP contribution is 2.28. The predicted molar refractivity (Wildman–Crippen MR) is 94.7 cm³/mol. The molecule has 0 radical (unpaired) electrons. The number of pyridine rings is 1. The van der Waals surface area contributed by atoms with E-state index in [0.29, 0.717) is 0 Å². The van der Waals surface area contributed by atoms with Crippen molar-refractivity contribution in [1.29, 1.82) is 0 Å². The zero-order chi connectivity index (χ0) is 19.2. The van der Waals surface area contributed by atoms with Gasteiger partial charge in [-0.3, -0.25) is 9.59 Å². The number of fused-ring (bicyclic) bond motifs is 1. The molecule has 2 aliphatic rings.